The zero-order valence-corrected chi connectivity index (χ0v) is 48.1. The number of nitrogens with zero attached hydrogens (tertiary/aromatic N) is 11. The maximum Gasteiger partial charge on any atom is 0.410 e. The van der Waals surface area contributed by atoms with Gasteiger partial charge in [0.15, 0.2) is 0 Å². The van der Waals surface area contributed by atoms with E-state index < -0.39 is 17.5 Å². The van der Waals surface area contributed by atoms with Gasteiger partial charge in [-0.15, -0.1) is 0 Å². The predicted octanol–water partition coefficient (Wildman–Crippen LogP) is 11.5. The van der Waals surface area contributed by atoms with Crippen LogP contribution in [0, 0.1) is 25.7 Å². The number of hydrogen-bond acceptors (Lipinski definition) is 17. The Morgan fingerprint density at radius 2 is 0.941 bits per heavy atom. The minimum Gasteiger partial charge on any atom is -0.444 e. The highest BCUT2D eigenvalue weighted by Crippen LogP contribution is 2.31. The summed E-state index contributed by atoms with van der Waals surface area (Å²) in [7, 11) is 0. The summed E-state index contributed by atoms with van der Waals surface area (Å²) in [5, 5.41) is 0.588. The number of nitrogens with two attached hydrogens (primary N) is 5. The summed E-state index contributed by atoms with van der Waals surface area (Å²) in [4.78, 5) is 63.7. The number of aryl methyl sites for hydroxylation is 2. The largest absolute Gasteiger partial charge is 0.444 e. The van der Waals surface area contributed by atoms with E-state index in [1.807, 2.05) is 64.1 Å². The smallest absolute Gasteiger partial charge is 0.410 e. The van der Waals surface area contributed by atoms with Crippen LogP contribution in [0.15, 0.2) is 184 Å². The monoisotopic (exact) mass is 1160 g/mol. The van der Waals surface area contributed by atoms with Gasteiger partial charge in [0.05, 0.1) is 75.8 Å². The van der Waals surface area contributed by atoms with Crippen molar-refractivity contribution >= 4 is 52.0 Å². The molecule has 0 unspecified atom stereocenters. The third kappa shape index (κ3) is 17.3. The Hall–Kier alpha value is -10.5. The molecule has 434 valence electrons. The standard InChI is InChI=1S/C21H26N4O3.C11H10FN3.C11H11N3.C10H8ClN3.C10H8FN3/c1-21(2,3)28-20(27)25-12-10-24(11-13-25)19(26)16-6-4-15(5-7-16)17-8-9-23-14-18(17)22;1-7-8(2-3-11(12)15-7)9-4-5-14-6-10(9)13;1-8-3-2-5-14-11(8)9-4-6-13-7-10(9)12;11-8-2-1-4-14-10(8)7-3-5-13-6-9(7)12;11-10-8(2-1-4-14-10)7-3-5-13-6-9(7)12/h4-9,14H,10-13,22H2,1-3H3;2-6H,13H2,1H3;2-7H,12H2,1H3;2*1-6H,12H2. The van der Waals surface area contributed by atoms with Gasteiger partial charge in [0.2, 0.25) is 11.9 Å². The maximum absolute atomic E-state index is 13.3. The van der Waals surface area contributed by atoms with Gasteiger partial charge in [-0.05, 0) is 131 Å². The number of carbonyl (C=O) groups is 2. The molecule has 0 bridgehead atoms. The van der Waals surface area contributed by atoms with Crippen LogP contribution in [-0.4, -0.2) is 98.4 Å². The number of anilines is 5. The molecule has 10 N–H and O–H groups in total. The second kappa shape index (κ2) is 29.4. The van der Waals surface area contributed by atoms with Gasteiger partial charge in [0.25, 0.3) is 5.91 Å². The first kappa shape index (κ1) is 62.1. The lowest BCUT2D eigenvalue weighted by atomic mass is 10.0. The Morgan fingerprint density at radius 3 is 1.42 bits per heavy atom. The number of carbonyl (C=O) groups excluding carboxylic acids is 2. The molecule has 1 aromatic carbocycles. The lowest BCUT2D eigenvalue weighted by Crippen LogP contribution is -2.51. The molecule has 19 nitrogen and oxygen atoms in total. The van der Waals surface area contributed by atoms with Crippen molar-refractivity contribution in [1.82, 2.24) is 54.7 Å². The first-order valence-electron chi connectivity index (χ1n) is 26.4. The predicted molar refractivity (Wildman–Crippen MR) is 330 cm³/mol. The minimum atomic E-state index is -0.524. The molecule has 11 rings (SSSR count). The average Bonchev–Trinajstić information content (AvgIpc) is 3.51. The van der Waals surface area contributed by atoms with E-state index in [1.54, 1.807) is 146 Å². The van der Waals surface area contributed by atoms with Crippen molar-refractivity contribution in [2.75, 3.05) is 54.8 Å². The average molecular weight is 1170 g/mol. The highest BCUT2D eigenvalue weighted by Gasteiger charge is 2.28. The van der Waals surface area contributed by atoms with E-state index in [9.17, 15) is 18.4 Å². The molecule has 0 aliphatic carbocycles. The van der Waals surface area contributed by atoms with Gasteiger partial charge in [0, 0.05) is 126 Å². The molecule has 9 aromatic heterocycles. The van der Waals surface area contributed by atoms with Crippen LogP contribution in [0.4, 0.5) is 42.0 Å². The van der Waals surface area contributed by atoms with E-state index in [2.05, 4.69) is 44.9 Å². The molecular weight excluding hydrogens is 1100 g/mol. The van der Waals surface area contributed by atoms with Gasteiger partial charge < -0.3 is 43.2 Å². The fraction of sp³-hybridized carbons (Fsp3) is 0.159. The first-order chi connectivity index (χ1) is 40.8. The zero-order chi connectivity index (χ0) is 61.0. The van der Waals surface area contributed by atoms with E-state index in [-0.39, 0.29) is 12.0 Å². The number of aromatic nitrogens is 9. The first-order valence-corrected chi connectivity index (χ1v) is 26.8. The normalized spacial score (nSPS) is 11.6. The Bertz CT molecular complexity index is 3530. The number of rotatable bonds is 6. The molecule has 10 aromatic rings. The van der Waals surface area contributed by atoms with Crippen LogP contribution in [-0.2, 0) is 4.74 Å². The summed E-state index contributed by atoms with van der Waals surface area (Å²) in [5.74, 6) is -1.05. The van der Waals surface area contributed by atoms with Gasteiger partial charge in [-0.1, -0.05) is 29.8 Å². The number of piperazine rings is 1. The van der Waals surface area contributed by atoms with E-state index in [0.717, 1.165) is 44.6 Å². The summed E-state index contributed by atoms with van der Waals surface area (Å²) in [6.45, 7) is 11.2. The molecule has 1 aliphatic heterocycles. The van der Waals surface area contributed by atoms with Crippen LogP contribution in [0.5, 0.6) is 0 Å². The summed E-state index contributed by atoms with van der Waals surface area (Å²) >= 11 is 5.99. The van der Waals surface area contributed by atoms with E-state index in [1.165, 1.54) is 18.5 Å². The van der Waals surface area contributed by atoms with Crippen LogP contribution in [0.3, 0.4) is 0 Å². The summed E-state index contributed by atoms with van der Waals surface area (Å²) in [6.07, 6.45) is 20.7. The molecular formula is C63H63ClF2N16O3. The minimum absolute atomic E-state index is 0.0434. The lowest BCUT2D eigenvalue weighted by Gasteiger charge is -2.35. The number of benzene rings is 1. The Labute approximate surface area is 496 Å². The highest BCUT2D eigenvalue weighted by molar-refractivity contribution is 6.33. The Morgan fingerprint density at radius 1 is 0.494 bits per heavy atom. The van der Waals surface area contributed by atoms with Crippen LogP contribution in [0.1, 0.15) is 42.4 Å². The van der Waals surface area contributed by atoms with E-state index in [0.29, 0.717) is 87.7 Å². The summed E-state index contributed by atoms with van der Waals surface area (Å²) in [5.41, 5.74) is 41.5. The number of pyridine rings is 9. The van der Waals surface area contributed by atoms with Crippen molar-refractivity contribution in [1.29, 1.82) is 0 Å². The number of hydrogen-bond donors (Lipinski definition) is 5. The fourth-order valence-corrected chi connectivity index (χ4v) is 8.59. The van der Waals surface area contributed by atoms with Crippen LogP contribution < -0.4 is 28.7 Å². The second-order valence-electron chi connectivity index (χ2n) is 19.8. The van der Waals surface area contributed by atoms with Gasteiger partial charge in [-0.2, -0.15) is 8.78 Å². The maximum atomic E-state index is 13.3. The number of amides is 2. The lowest BCUT2D eigenvalue weighted by molar-refractivity contribution is 0.0141. The molecule has 2 amide bonds. The van der Waals surface area contributed by atoms with Crippen molar-refractivity contribution in [2.24, 2.45) is 0 Å². The Balaban J connectivity index is 0.000000158. The molecule has 1 aliphatic rings. The third-order valence-electron chi connectivity index (χ3n) is 12.6. The highest BCUT2D eigenvalue weighted by atomic mass is 35.5. The molecule has 0 atom stereocenters. The molecule has 1 fully saturated rings. The molecule has 0 radical (unpaired) electrons. The molecule has 1 saturated heterocycles. The van der Waals surface area contributed by atoms with Crippen molar-refractivity contribution in [2.45, 2.75) is 40.2 Å². The van der Waals surface area contributed by atoms with Crippen molar-refractivity contribution in [3.05, 3.63) is 217 Å². The topological polar surface area (TPSA) is 296 Å². The summed E-state index contributed by atoms with van der Waals surface area (Å²) in [6, 6.07) is 30.1. The molecule has 10 heterocycles. The second-order valence-corrected chi connectivity index (χ2v) is 20.2. The molecule has 0 saturated carbocycles. The van der Waals surface area contributed by atoms with Crippen LogP contribution >= 0.6 is 11.6 Å². The van der Waals surface area contributed by atoms with Crippen LogP contribution in [0.25, 0.3) is 55.9 Å². The summed E-state index contributed by atoms with van der Waals surface area (Å²) < 4.78 is 31.5. The quantitative estimate of drug-likeness (QED) is 0.0967. The number of nitrogen functional groups attached to an aromatic ring is 5. The molecule has 0 spiro atoms. The van der Waals surface area contributed by atoms with Gasteiger partial charge in [0.1, 0.15) is 5.60 Å². The number of halogens is 3. The van der Waals surface area contributed by atoms with Gasteiger partial charge in [-0.25, -0.2) is 14.8 Å². The fourth-order valence-electron chi connectivity index (χ4n) is 8.37. The van der Waals surface area contributed by atoms with Crippen molar-refractivity contribution in [3.8, 4) is 55.9 Å². The van der Waals surface area contributed by atoms with E-state index >= 15 is 0 Å². The zero-order valence-electron chi connectivity index (χ0n) is 47.3. The van der Waals surface area contributed by atoms with Crippen molar-refractivity contribution < 1.29 is 23.1 Å². The Kier molecular flexibility index (Phi) is 21.5. The van der Waals surface area contributed by atoms with Gasteiger partial charge >= 0.3 is 6.09 Å². The SMILES string of the molecule is CC(C)(C)OC(=O)N1CCN(C(=O)c2ccc(-c3ccncc3N)cc2)CC1.Cc1cccnc1-c1ccncc1N.Cc1nc(F)ccc1-c1ccncc1N.Nc1cnccc1-c1cccnc1F.Nc1cnccc1-c1ncccc1Cl. The van der Waals surface area contributed by atoms with Crippen molar-refractivity contribution in [3.63, 3.8) is 0 Å². The van der Waals surface area contributed by atoms with E-state index in [4.69, 9.17) is 45.0 Å². The van der Waals surface area contributed by atoms with Gasteiger partial charge in [-0.3, -0.25) is 39.7 Å². The molecule has 22 heteroatoms. The third-order valence-corrected chi connectivity index (χ3v) is 12.9. The van der Waals surface area contributed by atoms with Crippen LogP contribution in [0.2, 0.25) is 5.02 Å². The number of ether oxygens (including phenoxy) is 1. The molecule has 85 heavy (non-hydrogen) atoms.